The molecule has 420 valence electrons. The highest BCUT2D eigenvalue weighted by atomic mass is 16.6. The maximum absolute atomic E-state index is 12.9. The van der Waals surface area contributed by atoms with E-state index in [1.165, 1.54) is 122 Å². The molecule has 0 aromatic rings. The van der Waals surface area contributed by atoms with Gasteiger partial charge in [-0.15, -0.1) is 0 Å². The van der Waals surface area contributed by atoms with E-state index in [9.17, 15) is 14.4 Å². The van der Waals surface area contributed by atoms with Gasteiger partial charge in [0, 0.05) is 12.8 Å². The maximum atomic E-state index is 12.9. The van der Waals surface area contributed by atoms with Crippen LogP contribution in [0.15, 0.2) is 122 Å². The van der Waals surface area contributed by atoms with Gasteiger partial charge in [0.25, 0.3) is 0 Å². The maximum Gasteiger partial charge on any atom is 0.309 e. The second kappa shape index (κ2) is 61.4. The molecule has 1 atom stereocenters. The zero-order valence-electron chi connectivity index (χ0n) is 48.1. The molecule has 0 aromatic heterocycles. The summed E-state index contributed by atoms with van der Waals surface area (Å²) in [5, 5.41) is 0. The summed E-state index contributed by atoms with van der Waals surface area (Å²) in [7, 11) is 0. The molecule has 74 heavy (non-hydrogen) atoms. The summed E-state index contributed by atoms with van der Waals surface area (Å²) in [6.07, 6.45) is 85.1. The quantitative estimate of drug-likeness (QED) is 0.0261. The van der Waals surface area contributed by atoms with E-state index in [4.69, 9.17) is 14.2 Å². The van der Waals surface area contributed by atoms with E-state index in [0.717, 1.165) is 109 Å². The minimum absolute atomic E-state index is 0.118. The Bertz CT molecular complexity index is 1550. The summed E-state index contributed by atoms with van der Waals surface area (Å²) in [6.45, 7) is 6.40. The number of hydrogen-bond acceptors (Lipinski definition) is 6. The fourth-order valence-electron chi connectivity index (χ4n) is 8.14. The topological polar surface area (TPSA) is 78.9 Å². The van der Waals surface area contributed by atoms with Crippen LogP contribution in [0.25, 0.3) is 0 Å². The number of rotatable bonds is 54. The lowest BCUT2D eigenvalue weighted by Gasteiger charge is -2.18. The van der Waals surface area contributed by atoms with E-state index in [1.54, 1.807) is 6.08 Å². The van der Waals surface area contributed by atoms with Crippen molar-refractivity contribution in [1.29, 1.82) is 0 Å². The van der Waals surface area contributed by atoms with Gasteiger partial charge in [0.1, 0.15) is 13.2 Å². The minimum Gasteiger partial charge on any atom is -0.462 e. The molecule has 0 N–H and O–H groups in total. The molecule has 0 amide bonds. The van der Waals surface area contributed by atoms with Crippen molar-refractivity contribution in [2.45, 2.75) is 277 Å². The highest BCUT2D eigenvalue weighted by molar-refractivity contribution is 5.72. The van der Waals surface area contributed by atoms with E-state index < -0.39 is 12.1 Å². The fourth-order valence-corrected chi connectivity index (χ4v) is 8.14. The van der Waals surface area contributed by atoms with Gasteiger partial charge in [0.15, 0.2) is 6.10 Å². The van der Waals surface area contributed by atoms with Gasteiger partial charge in [0.2, 0.25) is 0 Å². The summed E-state index contributed by atoms with van der Waals surface area (Å²) < 4.78 is 16.8. The Labute approximate surface area is 456 Å². The molecule has 0 radical (unpaired) electrons. The van der Waals surface area contributed by atoms with Gasteiger partial charge in [-0.3, -0.25) is 14.4 Å². The molecule has 0 aromatic carbocycles. The molecule has 0 saturated carbocycles. The first-order valence-corrected chi connectivity index (χ1v) is 30.5. The largest absolute Gasteiger partial charge is 0.462 e. The van der Waals surface area contributed by atoms with E-state index in [2.05, 4.69) is 130 Å². The van der Waals surface area contributed by atoms with Crippen LogP contribution in [0.4, 0.5) is 0 Å². The Kier molecular flexibility index (Phi) is 57.9. The normalized spacial score (nSPS) is 13.0. The lowest BCUT2D eigenvalue weighted by molar-refractivity contribution is -0.166. The number of hydrogen-bond donors (Lipinski definition) is 0. The van der Waals surface area contributed by atoms with E-state index in [0.29, 0.717) is 6.42 Å². The monoisotopic (exact) mass is 1020 g/mol. The molecule has 0 spiro atoms. The van der Waals surface area contributed by atoms with Gasteiger partial charge in [0.05, 0.1) is 6.42 Å². The van der Waals surface area contributed by atoms with Gasteiger partial charge in [-0.1, -0.05) is 258 Å². The van der Waals surface area contributed by atoms with Crippen molar-refractivity contribution in [2.24, 2.45) is 0 Å². The van der Waals surface area contributed by atoms with Gasteiger partial charge in [-0.05, 0) is 116 Å². The lowest BCUT2D eigenvalue weighted by Crippen LogP contribution is -2.30. The average molecular weight is 1030 g/mol. The van der Waals surface area contributed by atoms with Crippen LogP contribution >= 0.6 is 0 Å². The number of carbonyl (C=O) groups is 3. The first-order chi connectivity index (χ1) is 36.5. The summed E-state index contributed by atoms with van der Waals surface area (Å²) in [6, 6.07) is 0. The summed E-state index contributed by atoms with van der Waals surface area (Å²) >= 11 is 0. The smallest absolute Gasteiger partial charge is 0.309 e. The third-order valence-electron chi connectivity index (χ3n) is 12.7. The standard InChI is InChI=1S/C68H112O6/c1-4-7-10-13-16-19-22-25-28-30-31-32-33-34-35-36-37-38-41-43-46-49-52-55-58-61-67(70)73-64-65(63-72-66(69)60-57-54-51-48-45-42-39-27-24-21-18-15-12-9-6-3)74-68(71)62-59-56-53-50-47-44-40-29-26-23-20-17-14-11-8-5-2/h9,12,18,20-23,25,27,29-31,33-34,39-40,45,48,54,57,65H,4-8,10-11,13-17,19,24,26,28,32,35-38,41-44,46-47,49-53,55-56,58-64H2,1-3H3/b12-9-,21-18-,23-20-,25-22-,31-30-,34-33-,39-27-,40-29-,48-45-,57-54-. The van der Waals surface area contributed by atoms with Crippen LogP contribution in [0, 0.1) is 0 Å². The highest BCUT2D eigenvalue weighted by Crippen LogP contribution is 2.14. The number of unbranched alkanes of at least 4 members (excludes halogenated alkanes) is 24. The number of allylic oxidation sites excluding steroid dienone is 19. The van der Waals surface area contributed by atoms with Crippen molar-refractivity contribution in [2.75, 3.05) is 13.2 Å². The minimum atomic E-state index is -0.831. The van der Waals surface area contributed by atoms with Crippen LogP contribution in [0.2, 0.25) is 0 Å². The molecular weight excluding hydrogens is 913 g/mol. The zero-order valence-corrected chi connectivity index (χ0v) is 48.1. The third kappa shape index (κ3) is 58.7. The Morgan fingerprint density at radius 2 is 0.581 bits per heavy atom. The zero-order chi connectivity index (χ0) is 53.6. The van der Waals surface area contributed by atoms with Crippen molar-refractivity contribution in [3.63, 3.8) is 0 Å². The molecular formula is C68H112O6. The molecule has 0 saturated heterocycles. The lowest BCUT2D eigenvalue weighted by atomic mass is 10.1. The third-order valence-corrected chi connectivity index (χ3v) is 12.7. The predicted octanol–water partition coefficient (Wildman–Crippen LogP) is 20.8. The number of carbonyl (C=O) groups excluding carboxylic acids is 3. The molecule has 0 heterocycles. The molecule has 6 nitrogen and oxygen atoms in total. The van der Waals surface area contributed by atoms with Gasteiger partial charge in [-0.25, -0.2) is 0 Å². The van der Waals surface area contributed by atoms with E-state index >= 15 is 0 Å². The van der Waals surface area contributed by atoms with E-state index in [-0.39, 0.29) is 38.0 Å². The Morgan fingerprint density at radius 3 is 0.959 bits per heavy atom. The highest BCUT2D eigenvalue weighted by Gasteiger charge is 2.19. The van der Waals surface area contributed by atoms with Gasteiger partial charge >= 0.3 is 17.9 Å². The number of esters is 3. The summed E-state index contributed by atoms with van der Waals surface area (Å²) in [4.78, 5) is 38.2. The van der Waals surface area contributed by atoms with Crippen molar-refractivity contribution >= 4 is 17.9 Å². The second-order valence-corrected chi connectivity index (χ2v) is 19.9. The predicted molar refractivity (Wildman–Crippen MR) is 320 cm³/mol. The van der Waals surface area contributed by atoms with Gasteiger partial charge in [-0.2, -0.15) is 0 Å². The fraction of sp³-hybridized carbons (Fsp3) is 0.662. The SMILES string of the molecule is CC/C=C\C/C=C\C/C=C\C/C=C\C/C=C\CC(=O)OCC(COC(=O)CCCCCCCCCCCC/C=C\C/C=C\C/C=C\CCCCCCC)OC(=O)CCCCCCC/C=C\C/C=C\CCCCCC. The second-order valence-electron chi connectivity index (χ2n) is 19.9. The molecule has 0 bridgehead atoms. The Morgan fingerprint density at radius 1 is 0.297 bits per heavy atom. The van der Waals surface area contributed by atoms with Crippen molar-refractivity contribution < 1.29 is 28.6 Å². The molecule has 0 aliphatic rings. The van der Waals surface area contributed by atoms with Crippen molar-refractivity contribution in [1.82, 2.24) is 0 Å². The Balaban J connectivity index is 4.44. The summed E-state index contributed by atoms with van der Waals surface area (Å²) in [5.74, 6) is -1.07. The van der Waals surface area contributed by atoms with Crippen molar-refractivity contribution in [3.8, 4) is 0 Å². The van der Waals surface area contributed by atoms with Crippen LogP contribution in [0.5, 0.6) is 0 Å². The van der Waals surface area contributed by atoms with Gasteiger partial charge < -0.3 is 14.2 Å². The van der Waals surface area contributed by atoms with E-state index in [1.807, 2.05) is 6.08 Å². The summed E-state index contributed by atoms with van der Waals surface area (Å²) in [5.41, 5.74) is 0. The van der Waals surface area contributed by atoms with Crippen LogP contribution in [0.1, 0.15) is 271 Å². The molecule has 0 fully saturated rings. The number of ether oxygens (including phenoxy) is 3. The first kappa shape index (κ1) is 69.8. The van der Waals surface area contributed by atoms with Crippen LogP contribution in [-0.2, 0) is 28.6 Å². The van der Waals surface area contributed by atoms with Crippen LogP contribution in [0.3, 0.4) is 0 Å². The van der Waals surface area contributed by atoms with Crippen LogP contribution in [-0.4, -0.2) is 37.2 Å². The first-order valence-electron chi connectivity index (χ1n) is 30.5. The molecule has 0 rings (SSSR count). The van der Waals surface area contributed by atoms with Crippen molar-refractivity contribution in [3.05, 3.63) is 122 Å². The Hall–Kier alpha value is -4.19. The molecule has 0 aliphatic carbocycles. The molecule has 1 unspecified atom stereocenters. The molecule has 6 heteroatoms. The molecule has 0 aliphatic heterocycles. The average Bonchev–Trinajstić information content (AvgIpc) is 3.40. The van der Waals surface area contributed by atoms with Crippen LogP contribution < -0.4 is 0 Å².